The van der Waals surface area contributed by atoms with Crippen LogP contribution < -0.4 is 5.32 Å². The van der Waals surface area contributed by atoms with E-state index in [9.17, 15) is 0 Å². The first-order valence-corrected chi connectivity index (χ1v) is 6.48. The largest absolute Gasteiger partial charge is 0.378 e. The predicted octanol–water partition coefficient (Wildman–Crippen LogP) is 4.68. The molecule has 15 heavy (non-hydrogen) atoms. The third kappa shape index (κ3) is 2.83. The quantitative estimate of drug-likeness (QED) is 0.861. The summed E-state index contributed by atoms with van der Waals surface area (Å²) in [5.41, 5.74) is 1.15. The normalized spacial score (nSPS) is 12.4. The van der Waals surface area contributed by atoms with E-state index < -0.39 is 0 Å². The van der Waals surface area contributed by atoms with Crippen molar-refractivity contribution in [1.29, 1.82) is 0 Å². The Morgan fingerprint density at radius 2 is 1.93 bits per heavy atom. The predicted molar refractivity (Wildman–Crippen MR) is 70.5 cm³/mol. The zero-order valence-electron chi connectivity index (χ0n) is 8.41. The Kier molecular flexibility index (Phi) is 3.44. The van der Waals surface area contributed by atoms with E-state index in [1.807, 2.05) is 12.1 Å². The summed E-state index contributed by atoms with van der Waals surface area (Å²) in [6.45, 7) is 2.17. The molecule has 78 valence electrons. The van der Waals surface area contributed by atoms with Gasteiger partial charge in [0.2, 0.25) is 0 Å². The Bertz CT molecular complexity index is 408. The van der Waals surface area contributed by atoms with E-state index in [4.69, 9.17) is 0 Å². The molecule has 1 aromatic heterocycles. The Morgan fingerprint density at radius 1 is 1.20 bits per heavy atom. The monoisotopic (exact) mass is 281 g/mol. The molecule has 1 N–H and O–H groups in total. The molecule has 1 aromatic carbocycles. The minimum absolute atomic E-state index is 0.367. The molecule has 2 rings (SSSR count). The summed E-state index contributed by atoms with van der Waals surface area (Å²) in [5, 5.41) is 5.57. The lowest BCUT2D eigenvalue weighted by atomic mass is 10.2. The second-order valence-corrected chi connectivity index (χ2v) is 5.28. The van der Waals surface area contributed by atoms with E-state index in [0.29, 0.717) is 6.04 Å². The molecule has 0 saturated carbocycles. The summed E-state index contributed by atoms with van der Waals surface area (Å²) < 4.78 is 1.11. The standard InChI is InChI=1S/C12H12BrNS/c1-9(12-3-2-8-15-12)14-11-6-4-10(13)5-7-11/h2-9,14H,1H3. The van der Waals surface area contributed by atoms with Crippen molar-refractivity contribution in [2.75, 3.05) is 5.32 Å². The SMILES string of the molecule is CC(Nc1ccc(Br)cc1)c1cccs1. The average molecular weight is 282 g/mol. The van der Waals surface area contributed by atoms with E-state index in [1.54, 1.807) is 11.3 Å². The molecule has 0 radical (unpaired) electrons. The fourth-order valence-corrected chi connectivity index (χ4v) is 2.40. The molecule has 0 bridgehead atoms. The highest BCUT2D eigenvalue weighted by atomic mass is 79.9. The van der Waals surface area contributed by atoms with Gasteiger partial charge in [0.25, 0.3) is 0 Å². The van der Waals surface area contributed by atoms with Crippen molar-refractivity contribution >= 4 is 33.0 Å². The number of nitrogens with one attached hydrogen (secondary N) is 1. The van der Waals surface area contributed by atoms with E-state index in [0.717, 1.165) is 10.2 Å². The van der Waals surface area contributed by atoms with Gasteiger partial charge in [0.1, 0.15) is 0 Å². The number of hydrogen-bond donors (Lipinski definition) is 1. The van der Waals surface area contributed by atoms with Gasteiger partial charge in [-0.15, -0.1) is 11.3 Å². The van der Waals surface area contributed by atoms with Crippen LogP contribution in [0.3, 0.4) is 0 Å². The van der Waals surface area contributed by atoms with E-state index in [1.165, 1.54) is 4.88 Å². The molecule has 3 heteroatoms. The zero-order chi connectivity index (χ0) is 10.7. The third-order valence-electron chi connectivity index (χ3n) is 2.20. The lowest BCUT2D eigenvalue weighted by Gasteiger charge is -2.13. The van der Waals surface area contributed by atoms with Gasteiger partial charge in [0, 0.05) is 15.0 Å². The molecule has 1 unspecified atom stereocenters. The summed E-state index contributed by atoms with van der Waals surface area (Å²) in [7, 11) is 0. The number of halogens is 1. The first kappa shape index (κ1) is 10.7. The molecular formula is C12H12BrNS. The van der Waals surface area contributed by atoms with Gasteiger partial charge in [0.05, 0.1) is 6.04 Å². The Morgan fingerprint density at radius 3 is 2.53 bits per heavy atom. The molecular weight excluding hydrogens is 270 g/mol. The molecule has 0 spiro atoms. The Balaban J connectivity index is 2.06. The number of anilines is 1. The van der Waals surface area contributed by atoms with Crippen LogP contribution in [0.5, 0.6) is 0 Å². The van der Waals surface area contributed by atoms with Crippen LogP contribution >= 0.6 is 27.3 Å². The fraction of sp³-hybridized carbons (Fsp3) is 0.167. The van der Waals surface area contributed by atoms with Gasteiger partial charge in [-0.3, -0.25) is 0 Å². The van der Waals surface area contributed by atoms with Crippen LogP contribution in [-0.2, 0) is 0 Å². The summed E-state index contributed by atoms with van der Waals surface area (Å²) in [4.78, 5) is 1.36. The number of rotatable bonds is 3. The van der Waals surface area contributed by atoms with Gasteiger partial charge in [-0.25, -0.2) is 0 Å². The maximum atomic E-state index is 3.46. The first-order valence-electron chi connectivity index (χ1n) is 4.81. The van der Waals surface area contributed by atoms with Gasteiger partial charge >= 0.3 is 0 Å². The lowest BCUT2D eigenvalue weighted by molar-refractivity contribution is 0.908. The van der Waals surface area contributed by atoms with E-state index in [-0.39, 0.29) is 0 Å². The highest BCUT2D eigenvalue weighted by Crippen LogP contribution is 2.23. The van der Waals surface area contributed by atoms with Crippen molar-refractivity contribution in [2.45, 2.75) is 13.0 Å². The van der Waals surface area contributed by atoms with Crippen LogP contribution in [0.4, 0.5) is 5.69 Å². The molecule has 0 aliphatic rings. The Labute approximate surface area is 102 Å². The molecule has 0 aliphatic heterocycles. The molecule has 0 saturated heterocycles. The average Bonchev–Trinajstić information content (AvgIpc) is 2.74. The van der Waals surface area contributed by atoms with E-state index >= 15 is 0 Å². The van der Waals surface area contributed by atoms with Crippen LogP contribution in [0.1, 0.15) is 17.8 Å². The van der Waals surface area contributed by atoms with Gasteiger partial charge < -0.3 is 5.32 Å². The van der Waals surface area contributed by atoms with Crippen molar-refractivity contribution in [3.8, 4) is 0 Å². The summed E-state index contributed by atoms with van der Waals surface area (Å²) in [6, 6.07) is 12.8. The minimum atomic E-state index is 0.367. The van der Waals surface area contributed by atoms with Gasteiger partial charge in [-0.1, -0.05) is 22.0 Å². The van der Waals surface area contributed by atoms with Crippen LogP contribution in [-0.4, -0.2) is 0 Å². The second kappa shape index (κ2) is 4.81. The molecule has 0 amide bonds. The number of hydrogen-bond acceptors (Lipinski definition) is 2. The fourth-order valence-electron chi connectivity index (χ4n) is 1.40. The maximum absolute atomic E-state index is 3.46. The van der Waals surface area contributed by atoms with Crippen molar-refractivity contribution in [3.05, 3.63) is 51.1 Å². The zero-order valence-corrected chi connectivity index (χ0v) is 10.8. The molecule has 1 nitrogen and oxygen atoms in total. The molecule has 0 aliphatic carbocycles. The maximum Gasteiger partial charge on any atom is 0.0578 e. The second-order valence-electron chi connectivity index (χ2n) is 3.39. The molecule has 1 atom stereocenters. The summed E-state index contributed by atoms with van der Waals surface area (Å²) in [5.74, 6) is 0. The van der Waals surface area contributed by atoms with Gasteiger partial charge in [-0.2, -0.15) is 0 Å². The summed E-state index contributed by atoms with van der Waals surface area (Å²) >= 11 is 5.21. The summed E-state index contributed by atoms with van der Waals surface area (Å²) in [6.07, 6.45) is 0. The van der Waals surface area contributed by atoms with Crippen LogP contribution in [0, 0.1) is 0 Å². The van der Waals surface area contributed by atoms with Crippen molar-refractivity contribution in [3.63, 3.8) is 0 Å². The van der Waals surface area contributed by atoms with Crippen molar-refractivity contribution in [1.82, 2.24) is 0 Å². The molecule has 1 heterocycles. The van der Waals surface area contributed by atoms with Gasteiger partial charge in [-0.05, 0) is 42.6 Å². The topological polar surface area (TPSA) is 12.0 Å². The minimum Gasteiger partial charge on any atom is -0.378 e. The van der Waals surface area contributed by atoms with Gasteiger partial charge in [0.15, 0.2) is 0 Å². The lowest BCUT2D eigenvalue weighted by Crippen LogP contribution is -2.04. The van der Waals surface area contributed by atoms with Crippen LogP contribution in [0.2, 0.25) is 0 Å². The van der Waals surface area contributed by atoms with Crippen molar-refractivity contribution < 1.29 is 0 Å². The smallest absolute Gasteiger partial charge is 0.0578 e. The number of benzene rings is 1. The third-order valence-corrected chi connectivity index (χ3v) is 3.78. The van der Waals surface area contributed by atoms with Crippen molar-refractivity contribution in [2.24, 2.45) is 0 Å². The van der Waals surface area contributed by atoms with Crippen LogP contribution in [0.15, 0.2) is 46.3 Å². The van der Waals surface area contributed by atoms with Crippen LogP contribution in [0.25, 0.3) is 0 Å². The number of thiophene rings is 1. The highest BCUT2D eigenvalue weighted by molar-refractivity contribution is 9.10. The first-order chi connectivity index (χ1) is 7.25. The van der Waals surface area contributed by atoms with E-state index in [2.05, 4.69) is 57.8 Å². The highest BCUT2D eigenvalue weighted by Gasteiger charge is 2.05. The Hall–Kier alpha value is -0.800. The molecule has 0 fully saturated rings. The molecule has 2 aromatic rings.